The van der Waals surface area contributed by atoms with Crippen LogP contribution in [0.3, 0.4) is 0 Å². The van der Waals surface area contributed by atoms with E-state index in [1.54, 1.807) is 12.1 Å². The van der Waals surface area contributed by atoms with Crippen molar-refractivity contribution in [3.05, 3.63) is 60.0 Å². The first-order chi connectivity index (χ1) is 12.2. The molecule has 0 saturated carbocycles. The highest BCUT2D eigenvalue weighted by molar-refractivity contribution is 6.30. The molecule has 0 bridgehead atoms. The van der Waals surface area contributed by atoms with Crippen LogP contribution in [0.1, 0.15) is 10.5 Å². The number of hydrogen-bond donors (Lipinski definition) is 1. The van der Waals surface area contributed by atoms with Crippen molar-refractivity contribution in [3.8, 4) is 0 Å². The van der Waals surface area contributed by atoms with E-state index in [-0.39, 0.29) is 5.91 Å². The molecule has 1 amide bonds. The summed E-state index contributed by atoms with van der Waals surface area (Å²) in [5.41, 5.74) is 1.48. The second-order valence-corrected chi connectivity index (χ2v) is 6.15. The molecule has 0 radical (unpaired) electrons. The normalized spacial score (nSPS) is 14.3. The molecular formula is C18H20ClN5O. The second-order valence-electron chi connectivity index (χ2n) is 5.72. The standard InChI is InChI=1S/C18H20ClN5O/c1-2-6-20-17-12-16(21-13-22-17)18(25)24-9-7-23(8-10-24)15-5-3-4-14(19)11-15/h2-5,11-13H,1,6-10H2,(H,20,21,22). The molecule has 1 aromatic carbocycles. The Morgan fingerprint density at radius 2 is 2.04 bits per heavy atom. The summed E-state index contributed by atoms with van der Waals surface area (Å²) in [6.07, 6.45) is 3.14. The summed E-state index contributed by atoms with van der Waals surface area (Å²) in [6, 6.07) is 9.45. The largest absolute Gasteiger partial charge is 0.368 e. The van der Waals surface area contributed by atoms with Gasteiger partial charge in [-0.3, -0.25) is 4.79 Å². The SMILES string of the molecule is C=CCNc1cc(C(=O)N2CCN(c3cccc(Cl)c3)CC2)ncn1. The summed E-state index contributed by atoms with van der Waals surface area (Å²) in [6.45, 7) is 7.05. The van der Waals surface area contributed by atoms with Crippen LogP contribution in [0.25, 0.3) is 0 Å². The van der Waals surface area contributed by atoms with Gasteiger partial charge in [-0.25, -0.2) is 9.97 Å². The molecule has 2 heterocycles. The molecule has 2 aromatic rings. The summed E-state index contributed by atoms with van der Waals surface area (Å²) in [5.74, 6) is 0.547. The van der Waals surface area contributed by atoms with Gasteiger partial charge in [0.05, 0.1) is 0 Å². The van der Waals surface area contributed by atoms with Crippen LogP contribution in [-0.4, -0.2) is 53.5 Å². The topological polar surface area (TPSA) is 61.4 Å². The first-order valence-corrected chi connectivity index (χ1v) is 8.52. The lowest BCUT2D eigenvalue weighted by Gasteiger charge is -2.36. The number of aromatic nitrogens is 2. The van der Waals surface area contributed by atoms with Gasteiger partial charge < -0.3 is 15.1 Å². The van der Waals surface area contributed by atoms with E-state index in [0.29, 0.717) is 31.1 Å². The van der Waals surface area contributed by atoms with Gasteiger partial charge in [-0.05, 0) is 18.2 Å². The Morgan fingerprint density at radius 3 is 2.76 bits per heavy atom. The van der Waals surface area contributed by atoms with E-state index in [0.717, 1.165) is 23.8 Å². The van der Waals surface area contributed by atoms with Crippen LogP contribution < -0.4 is 10.2 Å². The van der Waals surface area contributed by atoms with Crippen molar-refractivity contribution in [2.24, 2.45) is 0 Å². The van der Waals surface area contributed by atoms with Gasteiger partial charge >= 0.3 is 0 Å². The Hall–Kier alpha value is -2.60. The van der Waals surface area contributed by atoms with Crippen LogP contribution in [0.5, 0.6) is 0 Å². The third-order valence-corrected chi connectivity index (χ3v) is 4.29. The zero-order valence-electron chi connectivity index (χ0n) is 13.9. The highest BCUT2D eigenvalue weighted by Crippen LogP contribution is 2.21. The van der Waals surface area contributed by atoms with Crippen molar-refractivity contribution in [3.63, 3.8) is 0 Å². The maximum absolute atomic E-state index is 12.7. The average Bonchev–Trinajstić information content (AvgIpc) is 2.66. The molecule has 0 atom stereocenters. The number of amides is 1. The zero-order chi connectivity index (χ0) is 17.6. The van der Waals surface area contributed by atoms with Gasteiger partial charge in [0, 0.05) is 49.5 Å². The number of carbonyl (C=O) groups is 1. The number of hydrogen-bond acceptors (Lipinski definition) is 5. The van der Waals surface area contributed by atoms with Crippen molar-refractivity contribution in [1.82, 2.24) is 14.9 Å². The lowest BCUT2D eigenvalue weighted by Crippen LogP contribution is -2.49. The predicted molar refractivity (Wildman–Crippen MR) is 100 cm³/mol. The minimum atomic E-state index is -0.0743. The number of nitrogens with one attached hydrogen (secondary N) is 1. The molecule has 1 aliphatic rings. The number of anilines is 2. The van der Waals surface area contributed by atoms with E-state index in [9.17, 15) is 4.79 Å². The molecular weight excluding hydrogens is 338 g/mol. The molecule has 130 valence electrons. The first-order valence-electron chi connectivity index (χ1n) is 8.14. The lowest BCUT2D eigenvalue weighted by molar-refractivity contribution is 0.0740. The van der Waals surface area contributed by atoms with Gasteiger partial charge in [0.1, 0.15) is 17.8 Å². The van der Waals surface area contributed by atoms with E-state index in [4.69, 9.17) is 11.6 Å². The molecule has 1 aromatic heterocycles. The monoisotopic (exact) mass is 357 g/mol. The third-order valence-electron chi connectivity index (χ3n) is 4.05. The highest BCUT2D eigenvalue weighted by atomic mass is 35.5. The fraction of sp³-hybridized carbons (Fsp3) is 0.278. The number of halogens is 1. The summed E-state index contributed by atoms with van der Waals surface area (Å²) < 4.78 is 0. The van der Waals surface area contributed by atoms with Crippen molar-refractivity contribution in [2.75, 3.05) is 42.9 Å². The van der Waals surface area contributed by atoms with Gasteiger partial charge in [-0.15, -0.1) is 6.58 Å². The Bertz CT molecular complexity index is 759. The van der Waals surface area contributed by atoms with E-state index in [2.05, 4.69) is 26.8 Å². The molecule has 6 nitrogen and oxygen atoms in total. The van der Waals surface area contributed by atoms with E-state index in [1.807, 2.05) is 29.2 Å². The Labute approximate surface area is 152 Å². The van der Waals surface area contributed by atoms with Crippen LogP contribution in [0, 0.1) is 0 Å². The van der Waals surface area contributed by atoms with Crippen molar-refractivity contribution in [1.29, 1.82) is 0 Å². The van der Waals surface area contributed by atoms with Crippen molar-refractivity contribution in [2.45, 2.75) is 0 Å². The maximum Gasteiger partial charge on any atom is 0.272 e. The molecule has 0 aliphatic carbocycles. The third kappa shape index (κ3) is 4.28. The van der Waals surface area contributed by atoms with Crippen LogP contribution in [0.4, 0.5) is 11.5 Å². The van der Waals surface area contributed by atoms with Gasteiger partial charge in [0.2, 0.25) is 0 Å². The minimum Gasteiger partial charge on any atom is -0.368 e. The summed E-state index contributed by atoms with van der Waals surface area (Å²) >= 11 is 6.06. The van der Waals surface area contributed by atoms with Crippen LogP contribution in [0.2, 0.25) is 5.02 Å². The van der Waals surface area contributed by atoms with E-state index in [1.165, 1.54) is 6.33 Å². The Morgan fingerprint density at radius 1 is 1.24 bits per heavy atom. The quantitative estimate of drug-likeness (QED) is 0.834. The second kappa shape index (κ2) is 7.98. The average molecular weight is 358 g/mol. The smallest absolute Gasteiger partial charge is 0.272 e. The molecule has 1 aliphatic heterocycles. The van der Waals surface area contributed by atoms with Crippen LogP contribution >= 0.6 is 11.6 Å². The van der Waals surface area contributed by atoms with E-state index >= 15 is 0 Å². The zero-order valence-corrected chi connectivity index (χ0v) is 14.6. The predicted octanol–water partition coefficient (Wildman–Crippen LogP) is 2.69. The van der Waals surface area contributed by atoms with Gasteiger partial charge in [0.15, 0.2) is 0 Å². The fourth-order valence-electron chi connectivity index (χ4n) is 2.75. The minimum absolute atomic E-state index is 0.0743. The fourth-order valence-corrected chi connectivity index (χ4v) is 2.93. The van der Waals surface area contributed by atoms with Gasteiger partial charge in [-0.1, -0.05) is 23.7 Å². The molecule has 0 unspecified atom stereocenters. The summed E-state index contributed by atoms with van der Waals surface area (Å²) in [4.78, 5) is 24.9. The maximum atomic E-state index is 12.7. The number of carbonyl (C=O) groups excluding carboxylic acids is 1. The van der Waals surface area contributed by atoms with Crippen molar-refractivity contribution >= 4 is 29.0 Å². The number of rotatable bonds is 5. The number of nitrogens with zero attached hydrogens (tertiary/aromatic N) is 4. The first kappa shape index (κ1) is 17.2. The molecule has 1 saturated heterocycles. The molecule has 25 heavy (non-hydrogen) atoms. The summed E-state index contributed by atoms with van der Waals surface area (Å²) in [5, 5.41) is 3.78. The molecule has 1 N–H and O–H groups in total. The molecule has 1 fully saturated rings. The van der Waals surface area contributed by atoms with Gasteiger partial charge in [-0.2, -0.15) is 0 Å². The number of piperazine rings is 1. The lowest BCUT2D eigenvalue weighted by atomic mass is 10.2. The van der Waals surface area contributed by atoms with Gasteiger partial charge in [0.25, 0.3) is 5.91 Å². The Kier molecular flexibility index (Phi) is 5.50. The Balaban J connectivity index is 1.62. The molecule has 7 heteroatoms. The highest BCUT2D eigenvalue weighted by Gasteiger charge is 2.23. The van der Waals surface area contributed by atoms with Crippen molar-refractivity contribution < 1.29 is 4.79 Å². The summed E-state index contributed by atoms with van der Waals surface area (Å²) in [7, 11) is 0. The molecule has 0 spiro atoms. The number of benzene rings is 1. The van der Waals surface area contributed by atoms with Crippen LogP contribution in [0.15, 0.2) is 49.3 Å². The van der Waals surface area contributed by atoms with E-state index < -0.39 is 0 Å². The molecule has 3 rings (SSSR count). The van der Waals surface area contributed by atoms with Crippen LogP contribution in [-0.2, 0) is 0 Å².